The Balaban J connectivity index is 2.87. The standard InChI is InChI=1S/C8H14N4O/c1-3-7-10-4-5-12(7)6(2)8(13)11-9/h4-6H,3,9H2,1-2H3,(H,11,13). The number of imidazole rings is 1. The number of rotatable bonds is 3. The average Bonchev–Trinajstić information content (AvgIpc) is 2.62. The fraction of sp³-hybridized carbons (Fsp3) is 0.500. The van der Waals surface area contributed by atoms with E-state index in [1.54, 1.807) is 19.3 Å². The smallest absolute Gasteiger partial charge is 0.256 e. The molecule has 1 aromatic rings. The van der Waals surface area contributed by atoms with E-state index in [1.807, 2.05) is 11.5 Å². The molecule has 0 bridgehead atoms. The lowest BCUT2D eigenvalue weighted by molar-refractivity contribution is -0.124. The second-order valence-electron chi connectivity index (χ2n) is 2.79. The van der Waals surface area contributed by atoms with E-state index in [2.05, 4.69) is 10.4 Å². The van der Waals surface area contributed by atoms with Gasteiger partial charge in [-0.1, -0.05) is 6.92 Å². The molecule has 1 rings (SSSR count). The Morgan fingerprint density at radius 2 is 2.54 bits per heavy atom. The van der Waals surface area contributed by atoms with Gasteiger partial charge in [0.05, 0.1) is 0 Å². The molecular weight excluding hydrogens is 168 g/mol. The zero-order valence-electron chi connectivity index (χ0n) is 7.82. The normalized spacial score (nSPS) is 12.5. The second kappa shape index (κ2) is 4.04. The molecular formula is C8H14N4O. The Morgan fingerprint density at radius 1 is 1.85 bits per heavy atom. The summed E-state index contributed by atoms with van der Waals surface area (Å²) in [7, 11) is 0. The zero-order valence-corrected chi connectivity index (χ0v) is 7.82. The van der Waals surface area contributed by atoms with Gasteiger partial charge in [-0.3, -0.25) is 10.2 Å². The number of nitrogens with zero attached hydrogens (tertiary/aromatic N) is 2. The molecule has 0 aliphatic rings. The summed E-state index contributed by atoms with van der Waals surface area (Å²) < 4.78 is 1.81. The fourth-order valence-corrected chi connectivity index (χ4v) is 1.22. The quantitative estimate of drug-likeness (QED) is 0.392. The molecule has 5 heteroatoms. The van der Waals surface area contributed by atoms with Crippen molar-refractivity contribution in [3.63, 3.8) is 0 Å². The lowest BCUT2D eigenvalue weighted by Crippen LogP contribution is -2.36. The summed E-state index contributed by atoms with van der Waals surface area (Å²) in [5.74, 6) is 5.71. The van der Waals surface area contributed by atoms with Gasteiger partial charge in [-0.25, -0.2) is 10.8 Å². The van der Waals surface area contributed by atoms with Gasteiger partial charge in [-0.2, -0.15) is 0 Å². The first-order valence-electron chi connectivity index (χ1n) is 4.22. The highest BCUT2D eigenvalue weighted by Crippen LogP contribution is 2.09. The molecule has 0 saturated carbocycles. The van der Waals surface area contributed by atoms with Crippen LogP contribution in [0.15, 0.2) is 12.4 Å². The van der Waals surface area contributed by atoms with Crippen molar-refractivity contribution in [1.82, 2.24) is 15.0 Å². The minimum absolute atomic E-state index is 0.215. The van der Waals surface area contributed by atoms with Crippen molar-refractivity contribution in [2.24, 2.45) is 5.84 Å². The summed E-state index contributed by atoms with van der Waals surface area (Å²) in [5, 5.41) is 0. The van der Waals surface area contributed by atoms with Crippen molar-refractivity contribution in [2.45, 2.75) is 26.3 Å². The van der Waals surface area contributed by atoms with Crippen LogP contribution >= 0.6 is 0 Å². The summed E-state index contributed by atoms with van der Waals surface area (Å²) in [6.45, 7) is 3.77. The number of aromatic nitrogens is 2. The predicted molar refractivity (Wildman–Crippen MR) is 48.6 cm³/mol. The fourth-order valence-electron chi connectivity index (χ4n) is 1.22. The SMILES string of the molecule is CCc1nccn1C(C)C(=O)NN. The summed E-state index contributed by atoms with van der Waals surface area (Å²) in [6.07, 6.45) is 4.26. The number of carbonyl (C=O) groups excluding carboxylic acids is 1. The highest BCUT2D eigenvalue weighted by atomic mass is 16.2. The zero-order chi connectivity index (χ0) is 9.84. The minimum Gasteiger partial charge on any atom is -0.323 e. The van der Waals surface area contributed by atoms with Crippen LogP contribution in [-0.4, -0.2) is 15.5 Å². The lowest BCUT2D eigenvalue weighted by Gasteiger charge is -2.13. The summed E-state index contributed by atoms with van der Waals surface area (Å²) in [5.41, 5.74) is 2.12. The number of nitrogens with one attached hydrogen (secondary N) is 1. The second-order valence-corrected chi connectivity index (χ2v) is 2.79. The van der Waals surface area contributed by atoms with Crippen LogP contribution in [0.5, 0.6) is 0 Å². The number of carbonyl (C=O) groups is 1. The van der Waals surface area contributed by atoms with Crippen molar-refractivity contribution in [2.75, 3.05) is 0 Å². The molecule has 0 aliphatic heterocycles. The first-order valence-corrected chi connectivity index (χ1v) is 4.22. The van der Waals surface area contributed by atoms with Crippen LogP contribution in [0.2, 0.25) is 0 Å². The molecule has 5 nitrogen and oxygen atoms in total. The van der Waals surface area contributed by atoms with Gasteiger partial charge < -0.3 is 4.57 Å². The highest BCUT2D eigenvalue weighted by Gasteiger charge is 2.15. The van der Waals surface area contributed by atoms with Gasteiger partial charge in [0.15, 0.2) is 0 Å². The molecule has 1 atom stereocenters. The first-order chi connectivity index (χ1) is 6.20. The molecule has 0 aromatic carbocycles. The molecule has 13 heavy (non-hydrogen) atoms. The van der Waals surface area contributed by atoms with Crippen molar-refractivity contribution >= 4 is 5.91 Å². The van der Waals surface area contributed by atoms with Gasteiger partial charge in [0, 0.05) is 18.8 Å². The highest BCUT2D eigenvalue weighted by molar-refractivity contribution is 5.79. The van der Waals surface area contributed by atoms with Crippen LogP contribution < -0.4 is 11.3 Å². The number of hydrogen-bond acceptors (Lipinski definition) is 3. The maximum atomic E-state index is 11.2. The third kappa shape index (κ3) is 1.86. The van der Waals surface area contributed by atoms with Gasteiger partial charge >= 0.3 is 0 Å². The topological polar surface area (TPSA) is 72.9 Å². The third-order valence-electron chi connectivity index (χ3n) is 2.00. The molecule has 72 valence electrons. The van der Waals surface area contributed by atoms with Gasteiger partial charge in [-0.15, -0.1) is 0 Å². The Labute approximate surface area is 76.9 Å². The lowest BCUT2D eigenvalue weighted by atomic mass is 10.3. The first kappa shape index (κ1) is 9.73. The van der Waals surface area contributed by atoms with Crippen molar-refractivity contribution in [1.29, 1.82) is 0 Å². The Hall–Kier alpha value is -1.36. The Morgan fingerprint density at radius 3 is 3.08 bits per heavy atom. The largest absolute Gasteiger partial charge is 0.323 e. The Bertz CT molecular complexity index is 294. The van der Waals surface area contributed by atoms with E-state index in [1.165, 1.54) is 0 Å². The van der Waals surface area contributed by atoms with E-state index in [0.717, 1.165) is 12.2 Å². The molecule has 1 heterocycles. The number of hydrazine groups is 1. The maximum absolute atomic E-state index is 11.2. The van der Waals surface area contributed by atoms with Crippen molar-refractivity contribution in [3.05, 3.63) is 18.2 Å². The van der Waals surface area contributed by atoms with E-state index in [-0.39, 0.29) is 11.9 Å². The molecule has 1 unspecified atom stereocenters. The van der Waals surface area contributed by atoms with Crippen LogP contribution in [0, 0.1) is 0 Å². The van der Waals surface area contributed by atoms with Crippen LogP contribution in [0.1, 0.15) is 25.7 Å². The summed E-state index contributed by atoms with van der Waals surface area (Å²) in [6, 6.07) is -0.303. The minimum atomic E-state index is -0.303. The molecule has 0 aliphatic carbocycles. The summed E-state index contributed by atoms with van der Waals surface area (Å²) >= 11 is 0. The number of amides is 1. The van der Waals surface area contributed by atoms with Crippen LogP contribution in [-0.2, 0) is 11.2 Å². The van der Waals surface area contributed by atoms with Crippen molar-refractivity contribution in [3.8, 4) is 0 Å². The van der Waals surface area contributed by atoms with E-state index < -0.39 is 0 Å². The van der Waals surface area contributed by atoms with Gasteiger partial charge in [-0.05, 0) is 6.92 Å². The maximum Gasteiger partial charge on any atom is 0.256 e. The molecule has 0 fully saturated rings. The number of hydrogen-bond donors (Lipinski definition) is 2. The van der Waals surface area contributed by atoms with E-state index >= 15 is 0 Å². The van der Waals surface area contributed by atoms with E-state index in [4.69, 9.17) is 5.84 Å². The molecule has 0 spiro atoms. The van der Waals surface area contributed by atoms with Crippen molar-refractivity contribution < 1.29 is 4.79 Å². The molecule has 3 N–H and O–H groups in total. The average molecular weight is 182 g/mol. The molecule has 0 radical (unpaired) electrons. The van der Waals surface area contributed by atoms with Crippen LogP contribution in [0.25, 0.3) is 0 Å². The predicted octanol–water partition coefficient (Wildman–Crippen LogP) is -0.00360. The molecule has 0 saturated heterocycles. The van der Waals surface area contributed by atoms with Crippen LogP contribution in [0.4, 0.5) is 0 Å². The van der Waals surface area contributed by atoms with Gasteiger partial charge in [0.25, 0.3) is 5.91 Å². The number of aryl methyl sites for hydroxylation is 1. The number of nitrogens with two attached hydrogens (primary N) is 1. The van der Waals surface area contributed by atoms with Crippen LogP contribution in [0.3, 0.4) is 0 Å². The van der Waals surface area contributed by atoms with E-state index in [0.29, 0.717) is 0 Å². The summed E-state index contributed by atoms with van der Waals surface area (Å²) in [4.78, 5) is 15.3. The monoisotopic (exact) mass is 182 g/mol. The van der Waals surface area contributed by atoms with E-state index in [9.17, 15) is 4.79 Å². The third-order valence-corrected chi connectivity index (χ3v) is 2.00. The molecule has 1 amide bonds. The molecule has 1 aromatic heterocycles. The van der Waals surface area contributed by atoms with Gasteiger partial charge in [0.1, 0.15) is 11.9 Å². The Kier molecular flexibility index (Phi) is 3.02. The van der Waals surface area contributed by atoms with Gasteiger partial charge in [0.2, 0.25) is 0 Å².